The van der Waals surface area contributed by atoms with Gasteiger partial charge in [0.15, 0.2) is 5.13 Å². The van der Waals surface area contributed by atoms with Crippen molar-refractivity contribution in [2.75, 3.05) is 31.6 Å². The molecule has 1 aliphatic heterocycles. The first kappa shape index (κ1) is 17.2. The number of morpholine rings is 1. The normalized spacial score (nSPS) is 14.5. The number of hydrogen-bond donors (Lipinski definition) is 1. The second-order valence-corrected chi connectivity index (χ2v) is 6.70. The Hall–Kier alpha value is -1.67. The van der Waals surface area contributed by atoms with Crippen LogP contribution in [0.2, 0.25) is 10.0 Å². The Labute approximate surface area is 152 Å². The van der Waals surface area contributed by atoms with Crippen molar-refractivity contribution in [2.24, 2.45) is 0 Å². The number of anilines is 1. The number of ether oxygens (including phenoxy) is 1. The van der Waals surface area contributed by atoms with Crippen LogP contribution in [-0.4, -0.2) is 48.0 Å². The molecule has 0 bridgehead atoms. The minimum atomic E-state index is -0.367. The van der Waals surface area contributed by atoms with E-state index in [2.05, 4.69) is 10.3 Å². The quantitative estimate of drug-likeness (QED) is 0.880. The van der Waals surface area contributed by atoms with E-state index in [1.54, 1.807) is 22.4 Å². The maximum atomic E-state index is 12.3. The van der Waals surface area contributed by atoms with Gasteiger partial charge in [-0.25, -0.2) is 4.98 Å². The van der Waals surface area contributed by atoms with Crippen LogP contribution in [0.4, 0.5) is 5.13 Å². The van der Waals surface area contributed by atoms with Gasteiger partial charge in [0, 0.05) is 24.0 Å². The molecule has 0 aliphatic carbocycles. The standard InChI is InChI=1S/C15H13Cl2N3O3S/c16-10-2-1-9(7-11(10)17)13(21)19-15-18-12(8-24-15)14(22)20-3-5-23-6-4-20/h1-2,7-8H,3-6H2,(H,18,19,21). The zero-order valence-corrected chi connectivity index (χ0v) is 14.7. The van der Waals surface area contributed by atoms with Gasteiger partial charge in [0.2, 0.25) is 0 Å². The highest BCUT2D eigenvalue weighted by atomic mass is 35.5. The number of thiazole rings is 1. The van der Waals surface area contributed by atoms with Crippen LogP contribution in [0, 0.1) is 0 Å². The van der Waals surface area contributed by atoms with Gasteiger partial charge < -0.3 is 9.64 Å². The summed E-state index contributed by atoms with van der Waals surface area (Å²) in [5, 5.41) is 5.30. The maximum Gasteiger partial charge on any atom is 0.273 e. The van der Waals surface area contributed by atoms with Crippen molar-refractivity contribution in [1.82, 2.24) is 9.88 Å². The maximum absolute atomic E-state index is 12.3. The van der Waals surface area contributed by atoms with Crippen molar-refractivity contribution in [3.63, 3.8) is 0 Å². The lowest BCUT2D eigenvalue weighted by Crippen LogP contribution is -2.40. The lowest BCUT2D eigenvalue weighted by atomic mass is 10.2. The molecule has 1 aromatic carbocycles. The number of hydrogen-bond acceptors (Lipinski definition) is 5. The lowest BCUT2D eigenvalue weighted by molar-refractivity contribution is 0.0299. The molecule has 1 aliphatic rings. The summed E-state index contributed by atoms with van der Waals surface area (Å²) in [6.45, 7) is 2.14. The fourth-order valence-electron chi connectivity index (χ4n) is 2.16. The molecule has 0 atom stereocenters. The molecule has 2 heterocycles. The summed E-state index contributed by atoms with van der Waals surface area (Å²) in [6.07, 6.45) is 0. The zero-order chi connectivity index (χ0) is 17.1. The second kappa shape index (κ2) is 7.48. The van der Waals surface area contributed by atoms with E-state index in [1.165, 1.54) is 17.4 Å². The van der Waals surface area contributed by atoms with Gasteiger partial charge in [-0.3, -0.25) is 14.9 Å². The van der Waals surface area contributed by atoms with Crippen LogP contribution in [-0.2, 0) is 4.74 Å². The first-order valence-electron chi connectivity index (χ1n) is 7.13. The number of rotatable bonds is 3. The molecule has 24 heavy (non-hydrogen) atoms. The molecule has 2 amide bonds. The minimum Gasteiger partial charge on any atom is -0.378 e. The van der Waals surface area contributed by atoms with Crippen molar-refractivity contribution in [3.8, 4) is 0 Å². The molecular formula is C15H13Cl2N3O3S. The van der Waals surface area contributed by atoms with Crippen LogP contribution in [0.1, 0.15) is 20.8 Å². The van der Waals surface area contributed by atoms with Crippen LogP contribution >= 0.6 is 34.5 Å². The Morgan fingerprint density at radius 3 is 2.67 bits per heavy atom. The van der Waals surface area contributed by atoms with Crippen LogP contribution in [0.25, 0.3) is 0 Å². The molecule has 1 N–H and O–H groups in total. The van der Waals surface area contributed by atoms with Gasteiger partial charge in [0.25, 0.3) is 11.8 Å². The van der Waals surface area contributed by atoms with E-state index in [0.29, 0.717) is 52.7 Å². The van der Waals surface area contributed by atoms with E-state index >= 15 is 0 Å². The fraction of sp³-hybridized carbons (Fsp3) is 0.267. The third-order valence-electron chi connectivity index (χ3n) is 3.42. The van der Waals surface area contributed by atoms with E-state index in [1.807, 2.05) is 0 Å². The smallest absolute Gasteiger partial charge is 0.273 e. The van der Waals surface area contributed by atoms with E-state index < -0.39 is 0 Å². The molecule has 0 radical (unpaired) electrons. The van der Waals surface area contributed by atoms with E-state index in [9.17, 15) is 9.59 Å². The molecule has 1 saturated heterocycles. The van der Waals surface area contributed by atoms with Gasteiger partial charge >= 0.3 is 0 Å². The molecule has 2 aromatic rings. The highest BCUT2D eigenvalue weighted by Crippen LogP contribution is 2.24. The summed E-state index contributed by atoms with van der Waals surface area (Å²) < 4.78 is 5.22. The second-order valence-electron chi connectivity index (χ2n) is 5.03. The Morgan fingerprint density at radius 2 is 1.96 bits per heavy atom. The van der Waals surface area contributed by atoms with Gasteiger partial charge in [0.05, 0.1) is 23.3 Å². The summed E-state index contributed by atoms with van der Waals surface area (Å²) in [5.74, 6) is -0.530. The largest absolute Gasteiger partial charge is 0.378 e. The Kier molecular flexibility index (Phi) is 5.35. The van der Waals surface area contributed by atoms with Crippen molar-refractivity contribution < 1.29 is 14.3 Å². The van der Waals surface area contributed by atoms with Crippen LogP contribution in [0.3, 0.4) is 0 Å². The summed E-state index contributed by atoms with van der Waals surface area (Å²) in [7, 11) is 0. The summed E-state index contributed by atoms with van der Waals surface area (Å²) >= 11 is 12.9. The van der Waals surface area contributed by atoms with E-state index in [4.69, 9.17) is 27.9 Å². The first-order chi connectivity index (χ1) is 11.5. The average molecular weight is 386 g/mol. The molecule has 9 heteroatoms. The molecule has 0 saturated carbocycles. The Morgan fingerprint density at radius 1 is 1.21 bits per heavy atom. The molecule has 0 spiro atoms. The lowest BCUT2D eigenvalue weighted by Gasteiger charge is -2.25. The Balaban J connectivity index is 1.68. The van der Waals surface area contributed by atoms with Crippen LogP contribution in [0.5, 0.6) is 0 Å². The predicted octanol–water partition coefficient (Wildman–Crippen LogP) is 3.17. The van der Waals surface area contributed by atoms with Crippen molar-refractivity contribution in [2.45, 2.75) is 0 Å². The van der Waals surface area contributed by atoms with Gasteiger partial charge in [-0.1, -0.05) is 23.2 Å². The van der Waals surface area contributed by atoms with Crippen molar-refractivity contribution in [3.05, 3.63) is 44.9 Å². The number of amides is 2. The molecule has 1 fully saturated rings. The van der Waals surface area contributed by atoms with Gasteiger partial charge in [-0.05, 0) is 18.2 Å². The van der Waals surface area contributed by atoms with Crippen LogP contribution < -0.4 is 5.32 Å². The molecule has 6 nitrogen and oxygen atoms in total. The van der Waals surface area contributed by atoms with Gasteiger partial charge in [-0.15, -0.1) is 11.3 Å². The number of benzene rings is 1. The average Bonchev–Trinajstić information content (AvgIpc) is 3.06. The number of aromatic nitrogens is 1. The fourth-order valence-corrected chi connectivity index (χ4v) is 3.14. The molecular weight excluding hydrogens is 373 g/mol. The minimum absolute atomic E-state index is 0.162. The van der Waals surface area contributed by atoms with Gasteiger partial charge in [-0.2, -0.15) is 0 Å². The number of carbonyl (C=O) groups is 2. The van der Waals surface area contributed by atoms with Crippen molar-refractivity contribution >= 4 is 51.5 Å². The third-order valence-corrected chi connectivity index (χ3v) is 4.92. The third kappa shape index (κ3) is 3.87. The van der Waals surface area contributed by atoms with Gasteiger partial charge in [0.1, 0.15) is 5.69 Å². The van der Waals surface area contributed by atoms with Crippen LogP contribution in [0.15, 0.2) is 23.6 Å². The SMILES string of the molecule is O=C(Nc1nc(C(=O)N2CCOCC2)cs1)c1ccc(Cl)c(Cl)c1. The molecule has 126 valence electrons. The predicted molar refractivity (Wildman–Crippen MR) is 93.3 cm³/mol. The number of carbonyl (C=O) groups excluding carboxylic acids is 2. The topological polar surface area (TPSA) is 71.5 Å². The molecule has 3 rings (SSSR count). The number of halogens is 2. The van der Waals surface area contributed by atoms with Crippen molar-refractivity contribution in [1.29, 1.82) is 0 Å². The number of nitrogens with zero attached hydrogens (tertiary/aromatic N) is 2. The summed E-state index contributed by atoms with van der Waals surface area (Å²) in [6, 6.07) is 4.59. The number of nitrogens with one attached hydrogen (secondary N) is 1. The highest BCUT2D eigenvalue weighted by molar-refractivity contribution is 7.14. The van der Waals surface area contributed by atoms with E-state index in [0.717, 1.165) is 0 Å². The molecule has 0 unspecified atom stereocenters. The Bertz CT molecular complexity index is 775. The zero-order valence-electron chi connectivity index (χ0n) is 12.4. The first-order valence-corrected chi connectivity index (χ1v) is 8.77. The highest BCUT2D eigenvalue weighted by Gasteiger charge is 2.21. The summed E-state index contributed by atoms with van der Waals surface area (Å²) in [4.78, 5) is 30.4. The summed E-state index contributed by atoms with van der Waals surface area (Å²) in [5.41, 5.74) is 0.673. The molecule has 1 aromatic heterocycles. The monoisotopic (exact) mass is 385 g/mol. The van der Waals surface area contributed by atoms with E-state index in [-0.39, 0.29) is 11.8 Å².